The van der Waals surface area contributed by atoms with Crippen LogP contribution in [-0.2, 0) is 11.4 Å². The number of hydrogen-bond acceptors (Lipinski definition) is 4. The third kappa shape index (κ3) is 4.16. The lowest BCUT2D eigenvalue weighted by molar-refractivity contribution is 0.130. The maximum atomic E-state index is 6.07. The first-order chi connectivity index (χ1) is 9.97. The number of halogens is 2. The second-order valence-electron chi connectivity index (χ2n) is 4.60. The highest BCUT2D eigenvalue weighted by molar-refractivity contribution is 6.35. The number of oxime groups is 1. The van der Waals surface area contributed by atoms with Crippen molar-refractivity contribution in [1.82, 2.24) is 9.97 Å². The van der Waals surface area contributed by atoms with Gasteiger partial charge in [0.25, 0.3) is 0 Å². The van der Waals surface area contributed by atoms with Crippen LogP contribution in [0.2, 0.25) is 10.0 Å². The fraction of sp³-hybridized carbons (Fsp3) is 0.267. The van der Waals surface area contributed by atoms with E-state index < -0.39 is 0 Å². The van der Waals surface area contributed by atoms with Crippen LogP contribution in [0.4, 0.5) is 0 Å². The molecule has 0 N–H and O–H groups in total. The van der Waals surface area contributed by atoms with Crippen LogP contribution in [-0.4, -0.2) is 15.7 Å². The monoisotopic (exact) mass is 323 g/mol. The quantitative estimate of drug-likeness (QED) is 0.621. The molecule has 0 amide bonds. The number of aromatic nitrogens is 2. The number of benzene rings is 1. The van der Waals surface area contributed by atoms with Crippen molar-refractivity contribution in [2.24, 2.45) is 5.16 Å². The van der Waals surface area contributed by atoms with Gasteiger partial charge in [-0.2, -0.15) is 0 Å². The van der Waals surface area contributed by atoms with Crippen LogP contribution in [0.3, 0.4) is 0 Å². The molecule has 1 aromatic heterocycles. The molecule has 110 valence electrons. The second-order valence-corrected chi connectivity index (χ2v) is 5.45. The zero-order valence-electron chi connectivity index (χ0n) is 12.0. The SMILES string of the molecule is C/C(=N\OCc1ccc(Cl)cc1Cl)c1cnc(C)nc1C. The fourth-order valence-corrected chi connectivity index (χ4v) is 2.29. The highest BCUT2D eigenvalue weighted by Gasteiger charge is 2.06. The molecule has 0 saturated heterocycles. The number of nitrogens with zero attached hydrogens (tertiary/aromatic N) is 3. The summed E-state index contributed by atoms with van der Waals surface area (Å²) in [4.78, 5) is 13.8. The summed E-state index contributed by atoms with van der Waals surface area (Å²) in [6.45, 7) is 5.89. The molecular formula is C15H15Cl2N3O. The highest BCUT2D eigenvalue weighted by Crippen LogP contribution is 2.21. The van der Waals surface area contributed by atoms with Crippen molar-refractivity contribution in [3.63, 3.8) is 0 Å². The van der Waals surface area contributed by atoms with Crippen molar-refractivity contribution in [2.45, 2.75) is 27.4 Å². The smallest absolute Gasteiger partial charge is 0.143 e. The van der Waals surface area contributed by atoms with Crippen molar-refractivity contribution in [3.05, 3.63) is 57.1 Å². The average Bonchev–Trinajstić information content (AvgIpc) is 2.41. The maximum absolute atomic E-state index is 6.07. The second kappa shape index (κ2) is 6.87. The summed E-state index contributed by atoms with van der Waals surface area (Å²) < 4.78 is 0. The van der Waals surface area contributed by atoms with Gasteiger partial charge >= 0.3 is 0 Å². The summed E-state index contributed by atoms with van der Waals surface area (Å²) in [6.07, 6.45) is 1.75. The van der Waals surface area contributed by atoms with Gasteiger partial charge in [0.1, 0.15) is 12.4 Å². The highest BCUT2D eigenvalue weighted by atomic mass is 35.5. The molecule has 0 aliphatic rings. The van der Waals surface area contributed by atoms with E-state index in [0.717, 1.165) is 28.4 Å². The van der Waals surface area contributed by atoms with Crippen LogP contribution in [0.15, 0.2) is 29.6 Å². The molecule has 0 bridgehead atoms. The van der Waals surface area contributed by atoms with E-state index in [1.54, 1.807) is 18.3 Å². The molecule has 6 heteroatoms. The van der Waals surface area contributed by atoms with E-state index in [0.29, 0.717) is 10.0 Å². The van der Waals surface area contributed by atoms with Crippen LogP contribution < -0.4 is 0 Å². The van der Waals surface area contributed by atoms with Gasteiger partial charge < -0.3 is 4.84 Å². The van der Waals surface area contributed by atoms with Crippen LogP contribution >= 0.6 is 23.2 Å². The average molecular weight is 324 g/mol. The van der Waals surface area contributed by atoms with Crippen molar-refractivity contribution in [2.75, 3.05) is 0 Å². The summed E-state index contributed by atoms with van der Waals surface area (Å²) in [5.41, 5.74) is 3.28. The van der Waals surface area contributed by atoms with E-state index in [1.807, 2.05) is 26.8 Å². The van der Waals surface area contributed by atoms with Crippen LogP contribution in [0, 0.1) is 13.8 Å². The van der Waals surface area contributed by atoms with Crippen molar-refractivity contribution < 1.29 is 4.84 Å². The van der Waals surface area contributed by atoms with Crippen molar-refractivity contribution in [1.29, 1.82) is 0 Å². The van der Waals surface area contributed by atoms with Gasteiger partial charge in [-0.15, -0.1) is 0 Å². The van der Waals surface area contributed by atoms with Gasteiger partial charge in [-0.05, 0) is 32.9 Å². The number of hydrogen-bond donors (Lipinski definition) is 0. The molecule has 4 nitrogen and oxygen atoms in total. The number of rotatable bonds is 4. The molecule has 0 aliphatic carbocycles. The van der Waals surface area contributed by atoms with Crippen LogP contribution in [0.25, 0.3) is 0 Å². The minimum Gasteiger partial charge on any atom is -0.391 e. The molecule has 0 saturated carbocycles. The molecule has 2 aromatic rings. The Kier molecular flexibility index (Phi) is 5.15. The van der Waals surface area contributed by atoms with Gasteiger partial charge in [0.05, 0.1) is 11.4 Å². The van der Waals surface area contributed by atoms with E-state index in [1.165, 1.54) is 0 Å². The third-order valence-electron chi connectivity index (χ3n) is 2.93. The molecule has 0 spiro atoms. The van der Waals surface area contributed by atoms with Gasteiger partial charge in [-0.3, -0.25) is 0 Å². The van der Waals surface area contributed by atoms with Gasteiger partial charge in [0.15, 0.2) is 0 Å². The zero-order chi connectivity index (χ0) is 15.4. The Labute approximate surface area is 133 Å². The Morgan fingerprint density at radius 3 is 2.71 bits per heavy atom. The fourth-order valence-electron chi connectivity index (χ4n) is 1.82. The Hall–Kier alpha value is -1.65. The largest absolute Gasteiger partial charge is 0.391 e. The summed E-state index contributed by atoms with van der Waals surface area (Å²) in [7, 11) is 0. The van der Waals surface area contributed by atoms with E-state index in [9.17, 15) is 0 Å². The summed E-state index contributed by atoms with van der Waals surface area (Å²) in [5.74, 6) is 0.734. The van der Waals surface area contributed by atoms with E-state index in [4.69, 9.17) is 28.0 Å². The molecule has 21 heavy (non-hydrogen) atoms. The molecule has 1 aromatic carbocycles. The standard InChI is InChI=1S/C15H15Cl2N3O/c1-9-14(7-18-11(3)19-9)10(2)20-21-8-12-4-5-13(16)6-15(12)17/h4-7H,8H2,1-3H3/b20-10+. The summed E-state index contributed by atoms with van der Waals surface area (Å²) >= 11 is 11.9. The molecule has 2 rings (SSSR count). The first-order valence-electron chi connectivity index (χ1n) is 6.38. The normalized spacial score (nSPS) is 11.6. The molecule has 0 atom stereocenters. The zero-order valence-corrected chi connectivity index (χ0v) is 13.5. The van der Waals surface area contributed by atoms with Gasteiger partial charge in [-0.25, -0.2) is 9.97 Å². The van der Waals surface area contributed by atoms with E-state index in [2.05, 4.69) is 15.1 Å². The van der Waals surface area contributed by atoms with Crippen LogP contribution in [0.1, 0.15) is 29.6 Å². The van der Waals surface area contributed by atoms with E-state index >= 15 is 0 Å². The van der Waals surface area contributed by atoms with Gasteiger partial charge in [0.2, 0.25) is 0 Å². The predicted molar refractivity (Wildman–Crippen MR) is 85.0 cm³/mol. The lowest BCUT2D eigenvalue weighted by atomic mass is 10.2. The maximum Gasteiger partial charge on any atom is 0.143 e. The first-order valence-corrected chi connectivity index (χ1v) is 7.14. The Balaban J connectivity index is 2.06. The Bertz CT molecular complexity index is 687. The molecule has 0 aliphatic heterocycles. The molecule has 0 unspecified atom stereocenters. The third-order valence-corrected chi connectivity index (χ3v) is 3.51. The number of aryl methyl sites for hydroxylation is 2. The molecule has 0 radical (unpaired) electrons. The molecule has 0 fully saturated rings. The van der Waals surface area contributed by atoms with Crippen molar-refractivity contribution in [3.8, 4) is 0 Å². The Morgan fingerprint density at radius 1 is 1.29 bits per heavy atom. The minimum atomic E-state index is 0.277. The van der Waals surface area contributed by atoms with E-state index in [-0.39, 0.29) is 6.61 Å². The topological polar surface area (TPSA) is 47.4 Å². The van der Waals surface area contributed by atoms with Gasteiger partial charge in [-0.1, -0.05) is 34.4 Å². The molecule has 1 heterocycles. The predicted octanol–water partition coefficient (Wildman–Crippen LogP) is 4.34. The molecular weight excluding hydrogens is 309 g/mol. The van der Waals surface area contributed by atoms with Crippen LogP contribution in [0.5, 0.6) is 0 Å². The lowest BCUT2D eigenvalue weighted by Gasteiger charge is -2.06. The summed E-state index contributed by atoms with van der Waals surface area (Å²) in [6, 6.07) is 5.26. The first kappa shape index (κ1) is 15.7. The Morgan fingerprint density at radius 2 is 2.05 bits per heavy atom. The van der Waals surface area contributed by atoms with Gasteiger partial charge in [0, 0.05) is 27.4 Å². The summed E-state index contributed by atoms with van der Waals surface area (Å²) in [5, 5.41) is 5.24. The minimum absolute atomic E-state index is 0.277. The lowest BCUT2D eigenvalue weighted by Crippen LogP contribution is -2.04. The van der Waals surface area contributed by atoms with Crippen molar-refractivity contribution >= 4 is 28.9 Å².